The Kier molecular flexibility index (Phi) is 5.19. The first-order chi connectivity index (χ1) is 10.6. The lowest BCUT2D eigenvalue weighted by molar-refractivity contribution is -0.385. The molecule has 1 heterocycles. The SMILES string of the molecule is CN(CCc1ccccn1)C(=O)Cc1ccccc1[N+](=O)[O-]. The molecule has 1 aromatic heterocycles. The first kappa shape index (κ1) is 15.6. The van der Waals surface area contributed by atoms with E-state index in [4.69, 9.17) is 0 Å². The molecule has 0 radical (unpaired) electrons. The molecule has 114 valence electrons. The maximum atomic E-state index is 12.2. The summed E-state index contributed by atoms with van der Waals surface area (Å²) in [5.74, 6) is -0.148. The van der Waals surface area contributed by atoms with E-state index in [1.54, 1.807) is 36.3 Å². The first-order valence-electron chi connectivity index (χ1n) is 6.94. The zero-order valence-corrected chi connectivity index (χ0v) is 12.3. The summed E-state index contributed by atoms with van der Waals surface area (Å²) in [7, 11) is 1.69. The molecule has 2 aromatic rings. The van der Waals surface area contributed by atoms with Gasteiger partial charge in [0, 0.05) is 43.5 Å². The molecule has 0 fully saturated rings. The van der Waals surface area contributed by atoms with Crippen LogP contribution in [0.5, 0.6) is 0 Å². The molecule has 0 atom stereocenters. The van der Waals surface area contributed by atoms with Gasteiger partial charge in [-0.25, -0.2) is 0 Å². The lowest BCUT2D eigenvalue weighted by Gasteiger charge is -2.17. The number of nitro groups is 1. The number of para-hydroxylation sites is 1. The fourth-order valence-corrected chi connectivity index (χ4v) is 2.09. The summed E-state index contributed by atoms with van der Waals surface area (Å²) >= 11 is 0. The number of nitro benzene ring substituents is 1. The highest BCUT2D eigenvalue weighted by atomic mass is 16.6. The van der Waals surface area contributed by atoms with Crippen molar-refractivity contribution >= 4 is 11.6 Å². The van der Waals surface area contributed by atoms with E-state index in [-0.39, 0.29) is 18.0 Å². The van der Waals surface area contributed by atoms with Crippen molar-refractivity contribution in [3.05, 3.63) is 70.0 Å². The number of hydrogen-bond donors (Lipinski definition) is 0. The molecule has 2 rings (SSSR count). The quantitative estimate of drug-likeness (QED) is 0.605. The Morgan fingerprint density at radius 1 is 1.23 bits per heavy atom. The number of amides is 1. The van der Waals surface area contributed by atoms with Gasteiger partial charge >= 0.3 is 0 Å². The predicted molar refractivity (Wildman–Crippen MR) is 82.4 cm³/mol. The topological polar surface area (TPSA) is 76.3 Å². The highest BCUT2D eigenvalue weighted by Gasteiger charge is 2.17. The summed E-state index contributed by atoms with van der Waals surface area (Å²) < 4.78 is 0. The summed E-state index contributed by atoms with van der Waals surface area (Å²) in [5, 5.41) is 11.0. The summed E-state index contributed by atoms with van der Waals surface area (Å²) in [6, 6.07) is 12.0. The molecule has 1 aromatic carbocycles. The highest BCUT2D eigenvalue weighted by molar-refractivity contribution is 5.79. The maximum Gasteiger partial charge on any atom is 0.273 e. The Hall–Kier alpha value is -2.76. The molecule has 0 saturated heterocycles. The van der Waals surface area contributed by atoms with Gasteiger partial charge in [0.05, 0.1) is 11.3 Å². The van der Waals surface area contributed by atoms with Crippen molar-refractivity contribution in [2.24, 2.45) is 0 Å². The Morgan fingerprint density at radius 2 is 1.95 bits per heavy atom. The molecule has 0 aliphatic carbocycles. The van der Waals surface area contributed by atoms with Crippen LogP contribution in [0.3, 0.4) is 0 Å². The molecule has 0 saturated carbocycles. The average molecular weight is 299 g/mol. The fourth-order valence-electron chi connectivity index (χ4n) is 2.09. The third-order valence-electron chi connectivity index (χ3n) is 3.39. The third kappa shape index (κ3) is 4.12. The van der Waals surface area contributed by atoms with Crippen molar-refractivity contribution < 1.29 is 9.72 Å². The highest BCUT2D eigenvalue weighted by Crippen LogP contribution is 2.18. The summed E-state index contributed by atoms with van der Waals surface area (Å²) in [5.41, 5.74) is 1.32. The Morgan fingerprint density at radius 3 is 2.64 bits per heavy atom. The van der Waals surface area contributed by atoms with Gasteiger partial charge in [-0.3, -0.25) is 19.9 Å². The largest absolute Gasteiger partial charge is 0.345 e. The van der Waals surface area contributed by atoms with Crippen molar-refractivity contribution in [1.29, 1.82) is 0 Å². The van der Waals surface area contributed by atoms with E-state index in [1.807, 2.05) is 18.2 Å². The zero-order chi connectivity index (χ0) is 15.9. The van der Waals surface area contributed by atoms with E-state index in [0.717, 1.165) is 5.69 Å². The molecule has 22 heavy (non-hydrogen) atoms. The lowest BCUT2D eigenvalue weighted by atomic mass is 10.1. The van der Waals surface area contributed by atoms with Crippen LogP contribution in [-0.2, 0) is 17.6 Å². The number of carbonyl (C=O) groups excluding carboxylic acids is 1. The number of carbonyl (C=O) groups is 1. The van der Waals surface area contributed by atoms with Crippen molar-refractivity contribution in [3.63, 3.8) is 0 Å². The number of likely N-dealkylation sites (N-methyl/N-ethyl adjacent to an activating group) is 1. The van der Waals surface area contributed by atoms with Gasteiger partial charge in [0.25, 0.3) is 5.69 Å². The molecule has 0 spiro atoms. The van der Waals surface area contributed by atoms with Crippen LogP contribution >= 0.6 is 0 Å². The maximum absolute atomic E-state index is 12.2. The van der Waals surface area contributed by atoms with Crippen molar-refractivity contribution in [3.8, 4) is 0 Å². The Labute approximate surface area is 128 Å². The molecular weight excluding hydrogens is 282 g/mol. The van der Waals surface area contributed by atoms with Crippen LogP contribution in [0.1, 0.15) is 11.3 Å². The third-order valence-corrected chi connectivity index (χ3v) is 3.39. The van der Waals surface area contributed by atoms with Crippen LogP contribution in [0.15, 0.2) is 48.7 Å². The molecule has 0 unspecified atom stereocenters. The smallest absolute Gasteiger partial charge is 0.273 e. The number of hydrogen-bond acceptors (Lipinski definition) is 4. The van der Waals surface area contributed by atoms with Crippen LogP contribution in [0.4, 0.5) is 5.69 Å². The molecule has 6 nitrogen and oxygen atoms in total. The molecule has 0 aliphatic heterocycles. The average Bonchev–Trinajstić information content (AvgIpc) is 2.53. The van der Waals surface area contributed by atoms with Gasteiger partial charge in [0.1, 0.15) is 0 Å². The normalized spacial score (nSPS) is 10.2. The predicted octanol–water partition coefficient (Wildman–Crippen LogP) is 2.23. The van der Waals surface area contributed by atoms with Gasteiger partial charge in [-0.05, 0) is 12.1 Å². The van der Waals surface area contributed by atoms with E-state index in [1.165, 1.54) is 6.07 Å². The summed E-state index contributed by atoms with van der Waals surface area (Å²) in [6.45, 7) is 0.524. The van der Waals surface area contributed by atoms with Gasteiger partial charge in [-0.1, -0.05) is 24.3 Å². The van der Waals surface area contributed by atoms with Crippen LogP contribution in [0, 0.1) is 10.1 Å². The standard InChI is InChI=1S/C16H17N3O3/c1-18(11-9-14-7-4-5-10-17-14)16(20)12-13-6-2-3-8-15(13)19(21)22/h2-8,10H,9,11-12H2,1H3. The van der Waals surface area contributed by atoms with Crippen LogP contribution in [0.25, 0.3) is 0 Å². The van der Waals surface area contributed by atoms with E-state index < -0.39 is 4.92 Å². The van der Waals surface area contributed by atoms with Gasteiger partial charge < -0.3 is 4.90 Å². The molecule has 0 bridgehead atoms. The second kappa shape index (κ2) is 7.31. The Balaban J connectivity index is 1.96. The van der Waals surface area contributed by atoms with Crippen molar-refractivity contribution in [2.75, 3.05) is 13.6 Å². The monoisotopic (exact) mass is 299 g/mol. The zero-order valence-electron chi connectivity index (χ0n) is 12.3. The van der Waals surface area contributed by atoms with Crippen LogP contribution in [-0.4, -0.2) is 34.3 Å². The molecule has 6 heteroatoms. The van der Waals surface area contributed by atoms with Crippen LogP contribution in [0.2, 0.25) is 0 Å². The first-order valence-corrected chi connectivity index (χ1v) is 6.94. The van der Waals surface area contributed by atoms with Gasteiger partial charge in [-0.2, -0.15) is 0 Å². The van der Waals surface area contributed by atoms with Gasteiger partial charge in [0.2, 0.25) is 5.91 Å². The van der Waals surface area contributed by atoms with Gasteiger partial charge in [-0.15, -0.1) is 0 Å². The van der Waals surface area contributed by atoms with Gasteiger partial charge in [0.15, 0.2) is 0 Å². The fraction of sp³-hybridized carbons (Fsp3) is 0.250. The molecule has 0 aliphatic rings. The van der Waals surface area contributed by atoms with E-state index >= 15 is 0 Å². The van der Waals surface area contributed by atoms with E-state index in [2.05, 4.69) is 4.98 Å². The minimum atomic E-state index is -0.462. The van der Waals surface area contributed by atoms with Crippen LogP contribution < -0.4 is 0 Å². The summed E-state index contributed by atoms with van der Waals surface area (Å²) in [6.07, 6.45) is 2.39. The minimum Gasteiger partial charge on any atom is -0.345 e. The number of pyridine rings is 1. The molecule has 0 N–H and O–H groups in total. The summed E-state index contributed by atoms with van der Waals surface area (Å²) in [4.78, 5) is 28.5. The van der Waals surface area contributed by atoms with Crippen molar-refractivity contribution in [2.45, 2.75) is 12.8 Å². The number of aromatic nitrogens is 1. The molecular formula is C16H17N3O3. The minimum absolute atomic E-state index is 0.0195. The number of nitrogens with zero attached hydrogens (tertiary/aromatic N) is 3. The van der Waals surface area contributed by atoms with E-state index in [0.29, 0.717) is 18.5 Å². The lowest BCUT2D eigenvalue weighted by Crippen LogP contribution is -2.30. The van der Waals surface area contributed by atoms with Crippen molar-refractivity contribution in [1.82, 2.24) is 9.88 Å². The molecule has 1 amide bonds. The second-order valence-corrected chi connectivity index (χ2v) is 4.95. The second-order valence-electron chi connectivity index (χ2n) is 4.95. The Bertz CT molecular complexity index is 659. The number of benzene rings is 1. The number of rotatable bonds is 6. The van der Waals surface area contributed by atoms with E-state index in [9.17, 15) is 14.9 Å².